The average molecular weight is 413 g/mol. The molecule has 0 radical (unpaired) electrons. The molecule has 1 aliphatic heterocycles. The molecule has 0 amide bonds. The summed E-state index contributed by atoms with van der Waals surface area (Å²) in [7, 11) is 3.92. The number of anilines is 1. The van der Waals surface area contributed by atoms with Crippen LogP contribution in [0.1, 0.15) is 29.0 Å². The Bertz CT molecular complexity index is 1190. The largest absolute Gasteiger partial charge is 0.477 e. The Hall–Kier alpha value is -3.20. The van der Waals surface area contributed by atoms with Crippen LogP contribution in [-0.4, -0.2) is 57.0 Å². The fourth-order valence-electron chi connectivity index (χ4n) is 4.18. The fraction of sp³-hybridized carbons (Fsp3) is 0.381. The molecule has 1 atom stereocenters. The molecule has 8 nitrogen and oxygen atoms in total. The highest BCUT2D eigenvalue weighted by molar-refractivity contribution is 5.93. The number of hydrogen-bond donors (Lipinski definition) is 1. The maximum atomic E-state index is 15.1. The summed E-state index contributed by atoms with van der Waals surface area (Å²) in [5.74, 6) is -1.84. The normalized spacial score (nSPS) is 17.6. The Morgan fingerprint density at radius 2 is 2.07 bits per heavy atom. The number of hydrogen-bond acceptors (Lipinski definition) is 5. The lowest BCUT2D eigenvalue weighted by atomic mass is 10.1. The predicted octanol–water partition coefficient (Wildman–Crippen LogP) is 2.09. The molecule has 1 aliphatic rings. The number of piperazine rings is 1. The van der Waals surface area contributed by atoms with Crippen molar-refractivity contribution in [3.63, 3.8) is 0 Å². The second kappa shape index (κ2) is 7.56. The summed E-state index contributed by atoms with van der Waals surface area (Å²) in [5.41, 5.74) is 0.957. The van der Waals surface area contributed by atoms with Crippen molar-refractivity contribution < 1.29 is 14.3 Å². The zero-order valence-corrected chi connectivity index (χ0v) is 17.2. The third-order valence-corrected chi connectivity index (χ3v) is 5.91. The van der Waals surface area contributed by atoms with Gasteiger partial charge in [0, 0.05) is 51.0 Å². The van der Waals surface area contributed by atoms with Gasteiger partial charge in [-0.2, -0.15) is 5.10 Å². The Morgan fingerprint density at radius 1 is 1.30 bits per heavy atom. The van der Waals surface area contributed by atoms with E-state index in [4.69, 9.17) is 0 Å². The zero-order valence-electron chi connectivity index (χ0n) is 17.2. The molecule has 1 N–H and O–H groups in total. The molecule has 4 rings (SSSR count). The van der Waals surface area contributed by atoms with Gasteiger partial charge in [0.25, 0.3) is 0 Å². The van der Waals surface area contributed by atoms with Crippen molar-refractivity contribution in [1.29, 1.82) is 0 Å². The predicted molar refractivity (Wildman–Crippen MR) is 112 cm³/mol. The van der Waals surface area contributed by atoms with Crippen LogP contribution in [0.15, 0.2) is 35.4 Å². The van der Waals surface area contributed by atoms with E-state index >= 15 is 4.39 Å². The van der Waals surface area contributed by atoms with Gasteiger partial charge in [-0.1, -0.05) is 0 Å². The quantitative estimate of drug-likeness (QED) is 0.705. The van der Waals surface area contributed by atoms with Crippen molar-refractivity contribution in [3.8, 4) is 0 Å². The third kappa shape index (κ3) is 3.24. The molecule has 30 heavy (non-hydrogen) atoms. The van der Waals surface area contributed by atoms with E-state index in [0.29, 0.717) is 30.8 Å². The first-order valence-electron chi connectivity index (χ1n) is 9.85. The number of carboxylic acid groups (broad SMARTS) is 1. The van der Waals surface area contributed by atoms with Crippen molar-refractivity contribution in [2.45, 2.75) is 19.5 Å². The van der Waals surface area contributed by atoms with Gasteiger partial charge >= 0.3 is 5.97 Å². The van der Waals surface area contributed by atoms with Crippen molar-refractivity contribution in [1.82, 2.24) is 19.2 Å². The highest BCUT2D eigenvalue weighted by Crippen LogP contribution is 2.31. The first kappa shape index (κ1) is 20.1. The number of halogens is 1. The molecule has 0 aliphatic carbocycles. The number of carbonyl (C=O) groups is 1. The molecule has 0 saturated carbocycles. The van der Waals surface area contributed by atoms with E-state index < -0.39 is 17.2 Å². The summed E-state index contributed by atoms with van der Waals surface area (Å²) in [6, 6.07) is 4.84. The first-order valence-corrected chi connectivity index (χ1v) is 9.85. The van der Waals surface area contributed by atoms with Crippen LogP contribution < -0.4 is 10.3 Å². The molecule has 3 aromatic rings. The Morgan fingerprint density at radius 3 is 2.70 bits per heavy atom. The number of carboxylic acids is 1. The molecule has 158 valence electrons. The molecule has 3 heterocycles. The lowest BCUT2D eigenvalue weighted by Crippen LogP contribution is -2.47. The van der Waals surface area contributed by atoms with Gasteiger partial charge < -0.3 is 14.6 Å². The number of aryl methyl sites for hydroxylation is 2. The first-order chi connectivity index (χ1) is 14.3. The molecule has 1 fully saturated rings. The molecule has 9 heteroatoms. The summed E-state index contributed by atoms with van der Waals surface area (Å²) in [6.07, 6.45) is 3.08. The average Bonchev–Trinajstić information content (AvgIpc) is 3.14. The van der Waals surface area contributed by atoms with E-state index in [9.17, 15) is 14.7 Å². The van der Waals surface area contributed by atoms with Gasteiger partial charge in [-0.25, -0.2) is 9.18 Å². The number of benzene rings is 1. The Labute approximate surface area is 172 Å². The maximum absolute atomic E-state index is 15.1. The molecule has 0 bridgehead atoms. The Balaban J connectivity index is 1.80. The molecular weight excluding hydrogens is 389 g/mol. The van der Waals surface area contributed by atoms with Gasteiger partial charge in [-0.15, -0.1) is 0 Å². The summed E-state index contributed by atoms with van der Waals surface area (Å²) in [5, 5.41) is 13.6. The van der Waals surface area contributed by atoms with Gasteiger partial charge in [-0.3, -0.25) is 14.4 Å². The molecule has 1 aromatic carbocycles. The summed E-state index contributed by atoms with van der Waals surface area (Å²) >= 11 is 0. The van der Waals surface area contributed by atoms with E-state index in [0.717, 1.165) is 12.2 Å². The minimum Gasteiger partial charge on any atom is -0.477 e. The minimum absolute atomic E-state index is 0.0455. The number of aromatic carboxylic acids is 1. The van der Waals surface area contributed by atoms with Crippen LogP contribution in [0.2, 0.25) is 0 Å². The van der Waals surface area contributed by atoms with Gasteiger partial charge in [0.1, 0.15) is 11.4 Å². The lowest BCUT2D eigenvalue weighted by Gasteiger charge is -2.40. The molecule has 1 saturated heterocycles. The van der Waals surface area contributed by atoms with E-state index in [2.05, 4.69) is 10.00 Å². The van der Waals surface area contributed by atoms with Gasteiger partial charge in [0.2, 0.25) is 5.43 Å². The lowest BCUT2D eigenvalue weighted by molar-refractivity contribution is 0.0695. The second-order valence-corrected chi connectivity index (χ2v) is 7.61. The topological polar surface area (TPSA) is 83.6 Å². The van der Waals surface area contributed by atoms with E-state index in [1.165, 1.54) is 12.3 Å². The monoisotopic (exact) mass is 413 g/mol. The number of nitrogens with zero attached hydrogens (tertiary/aromatic N) is 5. The second-order valence-electron chi connectivity index (χ2n) is 7.61. The smallest absolute Gasteiger partial charge is 0.341 e. The van der Waals surface area contributed by atoms with Gasteiger partial charge in [-0.05, 0) is 32.2 Å². The van der Waals surface area contributed by atoms with Crippen molar-refractivity contribution in [3.05, 3.63) is 57.9 Å². The standard InChI is InChI=1S/C21H24FN5O3/c1-4-26-11-14(21(29)30)20(28)13-9-15(22)18(10-17(13)26)27-8-7-24(2)19(12-27)16-5-6-23-25(16)3/h5-6,9-11,19H,4,7-8,12H2,1-3H3,(H,29,30). The molecular formula is C21H24FN5O3. The van der Waals surface area contributed by atoms with E-state index in [1.807, 2.05) is 36.7 Å². The van der Waals surface area contributed by atoms with Crippen LogP contribution in [-0.2, 0) is 13.6 Å². The van der Waals surface area contributed by atoms with Crippen molar-refractivity contribution in [2.24, 2.45) is 7.05 Å². The minimum atomic E-state index is -1.31. The molecule has 1 unspecified atom stereocenters. The molecule has 0 spiro atoms. The van der Waals surface area contributed by atoms with Crippen molar-refractivity contribution in [2.75, 3.05) is 31.6 Å². The fourth-order valence-corrected chi connectivity index (χ4v) is 4.18. The molecule has 2 aromatic heterocycles. The Kier molecular flexibility index (Phi) is 5.07. The number of pyridine rings is 1. The highest BCUT2D eigenvalue weighted by atomic mass is 19.1. The van der Waals surface area contributed by atoms with Crippen LogP contribution in [0.5, 0.6) is 0 Å². The number of rotatable bonds is 4. The van der Waals surface area contributed by atoms with Crippen LogP contribution in [0.3, 0.4) is 0 Å². The number of aromatic nitrogens is 3. The van der Waals surface area contributed by atoms with Crippen LogP contribution in [0.25, 0.3) is 10.9 Å². The van der Waals surface area contributed by atoms with Crippen LogP contribution >= 0.6 is 0 Å². The number of fused-ring (bicyclic) bond motifs is 1. The summed E-state index contributed by atoms with van der Waals surface area (Å²) in [6.45, 7) is 4.26. The van der Waals surface area contributed by atoms with Crippen LogP contribution in [0.4, 0.5) is 10.1 Å². The SMILES string of the molecule is CCn1cc(C(=O)O)c(=O)c2cc(F)c(N3CCN(C)C(c4ccnn4C)C3)cc21. The van der Waals surface area contributed by atoms with Crippen molar-refractivity contribution >= 4 is 22.6 Å². The van der Waals surface area contributed by atoms with Crippen LogP contribution in [0, 0.1) is 5.82 Å². The summed E-state index contributed by atoms with van der Waals surface area (Å²) in [4.78, 5) is 28.2. The highest BCUT2D eigenvalue weighted by Gasteiger charge is 2.29. The van der Waals surface area contributed by atoms with E-state index in [-0.39, 0.29) is 17.0 Å². The summed E-state index contributed by atoms with van der Waals surface area (Å²) < 4.78 is 18.6. The third-order valence-electron chi connectivity index (χ3n) is 5.91. The maximum Gasteiger partial charge on any atom is 0.341 e. The van der Waals surface area contributed by atoms with Gasteiger partial charge in [0.05, 0.1) is 22.9 Å². The van der Waals surface area contributed by atoms with Gasteiger partial charge in [0.15, 0.2) is 0 Å². The number of likely N-dealkylation sites (N-methyl/N-ethyl adjacent to an activating group) is 1. The zero-order chi connectivity index (χ0) is 21.6. The van der Waals surface area contributed by atoms with E-state index in [1.54, 1.807) is 16.8 Å².